The number of rotatable bonds is 2. The molecule has 0 amide bonds. The Labute approximate surface area is 97.9 Å². The van der Waals surface area contributed by atoms with E-state index in [9.17, 15) is 13.2 Å². The van der Waals surface area contributed by atoms with Crippen LogP contribution in [-0.2, 0) is 6.54 Å². The average Bonchev–Trinajstić information content (AvgIpc) is 2.29. The topological polar surface area (TPSA) is 3.24 Å². The first-order valence-corrected chi connectivity index (χ1v) is 5.28. The van der Waals surface area contributed by atoms with Gasteiger partial charge >= 0.3 is 6.18 Å². The molecule has 1 heterocycles. The van der Waals surface area contributed by atoms with Gasteiger partial charge in [0, 0.05) is 13.1 Å². The van der Waals surface area contributed by atoms with Crippen LogP contribution in [0.5, 0.6) is 0 Å². The second-order valence-corrected chi connectivity index (χ2v) is 3.92. The molecule has 0 atom stereocenters. The van der Waals surface area contributed by atoms with Gasteiger partial charge in [-0.05, 0) is 17.8 Å². The van der Waals surface area contributed by atoms with Crippen molar-refractivity contribution in [2.24, 2.45) is 0 Å². The third-order valence-electron chi connectivity index (χ3n) is 2.56. The van der Waals surface area contributed by atoms with Gasteiger partial charge in [-0.25, -0.2) is 0 Å². The Morgan fingerprint density at radius 3 is 2.47 bits per heavy atom. The highest BCUT2D eigenvalue weighted by Crippen LogP contribution is 2.28. The Morgan fingerprint density at radius 1 is 1.12 bits per heavy atom. The summed E-state index contributed by atoms with van der Waals surface area (Å²) < 4.78 is 37.6. The lowest BCUT2D eigenvalue weighted by Gasteiger charge is -2.25. The van der Waals surface area contributed by atoms with E-state index in [0.717, 1.165) is 11.6 Å². The number of hydrogen-bond acceptors (Lipinski definition) is 1. The molecule has 0 saturated carbocycles. The predicted octanol–water partition coefficient (Wildman–Crippen LogP) is 3.50. The van der Waals surface area contributed by atoms with Crippen molar-refractivity contribution >= 4 is 0 Å². The van der Waals surface area contributed by atoms with E-state index >= 15 is 0 Å². The molecule has 1 nitrogen and oxygen atoms in total. The van der Waals surface area contributed by atoms with Gasteiger partial charge in [0.2, 0.25) is 0 Å². The molecule has 0 saturated heterocycles. The number of alkyl halides is 3. The van der Waals surface area contributed by atoms with E-state index in [1.165, 1.54) is 6.08 Å². The number of nitrogens with zero attached hydrogens (tertiary/aromatic N) is 1. The van der Waals surface area contributed by atoms with Crippen LogP contribution in [0.4, 0.5) is 13.2 Å². The van der Waals surface area contributed by atoms with Gasteiger partial charge in [0.05, 0.1) is 5.57 Å². The van der Waals surface area contributed by atoms with E-state index in [1.54, 1.807) is 11.1 Å². The minimum Gasteiger partial charge on any atom is -0.369 e. The minimum absolute atomic E-state index is 0.0884. The van der Waals surface area contributed by atoms with Gasteiger partial charge in [-0.1, -0.05) is 36.4 Å². The normalized spacial score (nSPS) is 15.9. The summed E-state index contributed by atoms with van der Waals surface area (Å²) in [4.78, 5) is 1.65. The predicted molar refractivity (Wildman–Crippen MR) is 60.1 cm³/mol. The summed E-state index contributed by atoms with van der Waals surface area (Å²) in [6.45, 7) is 0.402. The lowest BCUT2D eigenvalue weighted by molar-refractivity contribution is -0.0953. The summed E-state index contributed by atoms with van der Waals surface area (Å²) in [5, 5.41) is 0. The van der Waals surface area contributed by atoms with Gasteiger partial charge < -0.3 is 4.90 Å². The summed E-state index contributed by atoms with van der Waals surface area (Å²) in [6, 6.07) is 9.45. The molecule has 0 N–H and O–H groups in total. The Kier molecular flexibility index (Phi) is 3.22. The van der Waals surface area contributed by atoms with Crippen molar-refractivity contribution < 1.29 is 13.2 Å². The quantitative estimate of drug-likeness (QED) is 0.763. The molecule has 0 spiro atoms. The zero-order valence-corrected chi connectivity index (χ0v) is 9.11. The van der Waals surface area contributed by atoms with Gasteiger partial charge in [0.15, 0.2) is 0 Å². The monoisotopic (exact) mass is 239 g/mol. The molecule has 0 radical (unpaired) electrons. The Balaban J connectivity index is 2.03. The molecule has 0 unspecified atom stereocenters. The standard InChI is InChI=1S/C13H12F3N/c14-13(15,16)12-7-4-8-17(10-12)9-11-5-2-1-3-6-11/h1-8H,9-10H2. The lowest BCUT2D eigenvalue weighted by Crippen LogP contribution is -2.28. The van der Waals surface area contributed by atoms with Gasteiger partial charge in [-0.3, -0.25) is 0 Å². The zero-order chi connectivity index (χ0) is 12.3. The van der Waals surface area contributed by atoms with E-state index in [1.807, 2.05) is 30.3 Å². The summed E-state index contributed by atoms with van der Waals surface area (Å²) in [7, 11) is 0. The maximum absolute atomic E-state index is 12.5. The second-order valence-electron chi connectivity index (χ2n) is 3.92. The van der Waals surface area contributed by atoms with Crippen LogP contribution in [0.25, 0.3) is 0 Å². The fourth-order valence-electron chi connectivity index (χ4n) is 1.72. The first-order valence-electron chi connectivity index (χ1n) is 5.28. The molecule has 1 aromatic rings. The number of allylic oxidation sites excluding steroid dienone is 2. The van der Waals surface area contributed by atoms with E-state index in [-0.39, 0.29) is 6.54 Å². The molecule has 1 aliphatic rings. The second kappa shape index (κ2) is 4.65. The van der Waals surface area contributed by atoms with Gasteiger partial charge in [-0.2, -0.15) is 13.2 Å². The largest absolute Gasteiger partial charge is 0.414 e. The van der Waals surface area contributed by atoms with E-state index in [2.05, 4.69) is 0 Å². The molecule has 2 rings (SSSR count). The van der Waals surface area contributed by atoms with Crippen LogP contribution >= 0.6 is 0 Å². The van der Waals surface area contributed by atoms with Crippen molar-refractivity contribution in [3.8, 4) is 0 Å². The third-order valence-corrected chi connectivity index (χ3v) is 2.56. The molecule has 1 aromatic carbocycles. The Morgan fingerprint density at radius 2 is 1.82 bits per heavy atom. The van der Waals surface area contributed by atoms with Crippen LogP contribution in [0, 0.1) is 0 Å². The maximum Gasteiger partial charge on any atom is 0.414 e. The highest BCUT2D eigenvalue weighted by atomic mass is 19.4. The summed E-state index contributed by atoms with van der Waals surface area (Å²) >= 11 is 0. The molecule has 1 aliphatic heterocycles. The third kappa shape index (κ3) is 3.12. The number of hydrogen-bond donors (Lipinski definition) is 0. The molecule has 0 fully saturated rings. The molecular formula is C13H12F3N. The van der Waals surface area contributed by atoms with E-state index in [0.29, 0.717) is 6.54 Å². The lowest BCUT2D eigenvalue weighted by atomic mass is 10.1. The molecule has 17 heavy (non-hydrogen) atoms. The van der Waals surface area contributed by atoms with Gasteiger partial charge in [-0.15, -0.1) is 0 Å². The molecular weight excluding hydrogens is 227 g/mol. The van der Waals surface area contributed by atoms with Crippen LogP contribution in [0.15, 0.2) is 54.3 Å². The summed E-state index contributed by atoms with van der Waals surface area (Å²) in [6.07, 6.45) is 0.0126. The molecule has 0 aromatic heterocycles. The zero-order valence-electron chi connectivity index (χ0n) is 9.11. The van der Waals surface area contributed by atoms with Crippen LogP contribution in [0.3, 0.4) is 0 Å². The number of benzene rings is 1. The SMILES string of the molecule is FC(F)(F)C1=CC=CN(Cc2ccccc2)C1. The molecule has 0 bridgehead atoms. The minimum atomic E-state index is -4.24. The fourth-order valence-corrected chi connectivity index (χ4v) is 1.72. The molecule has 0 aliphatic carbocycles. The van der Waals surface area contributed by atoms with E-state index in [4.69, 9.17) is 0 Å². The maximum atomic E-state index is 12.5. The van der Waals surface area contributed by atoms with Crippen molar-refractivity contribution in [3.63, 3.8) is 0 Å². The van der Waals surface area contributed by atoms with Crippen molar-refractivity contribution in [1.82, 2.24) is 4.90 Å². The Bertz CT molecular complexity index is 432. The smallest absolute Gasteiger partial charge is 0.369 e. The highest BCUT2D eigenvalue weighted by Gasteiger charge is 2.34. The van der Waals surface area contributed by atoms with E-state index < -0.39 is 11.7 Å². The summed E-state index contributed by atoms with van der Waals surface area (Å²) in [5.41, 5.74) is 0.497. The van der Waals surface area contributed by atoms with Crippen molar-refractivity contribution in [2.45, 2.75) is 12.7 Å². The molecule has 4 heteroatoms. The molecule has 90 valence electrons. The van der Waals surface area contributed by atoms with Gasteiger partial charge in [0.1, 0.15) is 0 Å². The summed E-state index contributed by atoms with van der Waals surface area (Å²) in [5.74, 6) is 0. The van der Waals surface area contributed by atoms with Crippen molar-refractivity contribution in [2.75, 3.05) is 6.54 Å². The Hall–Kier alpha value is -1.71. The van der Waals surface area contributed by atoms with Gasteiger partial charge in [0.25, 0.3) is 0 Å². The average molecular weight is 239 g/mol. The highest BCUT2D eigenvalue weighted by molar-refractivity contribution is 5.24. The van der Waals surface area contributed by atoms with Crippen LogP contribution in [-0.4, -0.2) is 17.6 Å². The number of halogens is 3. The van der Waals surface area contributed by atoms with Crippen LogP contribution in [0.1, 0.15) is 5.56 Å². The van der Waals surface area contributed by atoms with Crippen LogP contribution < -0.4 is 0 Å². The van der Waals surface area contributed by atoms with Crippen LogP contribution in [0.2, 0.25) is 0 Å². The van der Waals surface area contributed by atoms with Crippen molar-refractivity contribution in [3.05, 3.63) is 59.8 Å². The first kappa shape index (κ1) is 11.8. The first-order chi connectivity index (χ1) is 8.05. The van der Waals surface area contributed by atoms with Crippen molar-refractivity contribution in [1.29, 1.82) is 0 Å². The fraction of sp³-hybridized carbons (Fsp3) is 0.231.